The Balaban J connectivity index is 1.58. The van der Waals surface area contributed by atoms with Gasteiger partial charge in [-0.05, 0) is 55.3 Å². The van der Waals surface area contributed by atoms with Crippen LogP contribution >= 0.6 is 0 Å². The summed E-state index contributed by atoms with van der Waals surface area (Å²) in [5.41, 5.74) is -0.288. The molecule has 0 radical (unpaired) electrons. The first kappa shape index (κ1) is 22.8. The van der Waals surface area contributed by atoms with E-state index in [-0.39, 0.29) is 28.2 Å². The fourth-order valence-corrected chi connectivity index (χ4v) is 4.04. The number of nitrogens with one attached hydrogen (secondary N) is 1. The molecule has 2 amide bonds. The van der Waals surface area contributed by atoms with Gasteiger partial charge in [-0.2, -0.15) is 13.2 Å². The van der Waals surface area contributed by atoms with Gasteiger partial charge in [-0.1, -0.05) is 6.07 Å². The normalized spacial score (nSPS) is 15.5. The SMILES string of the molecule is CS(=O)(=O)c1cccc(NC(=O)C2CCN(C(=O)c3ccc(C(F)(F)F)cc3)CC2)c1. The molecule has 2 aromatic rings. The summed E-state index contributed by atoms with van der Waals surface area (Å²) in [4.78, 5) is 26.7. The average Bonchev–Trinajstić information content (AvgIpc) is 2.72. The first-order chi connectivity index (χ1) is 14.4. The molecule has 3 rings (SSSR count). The van der Waals surface area contributed by atoms with Crippen LogP contribution in [-0.4, -0.2) is 44.5 Å². The van der Waals surface area contributed by atoms with Gasteiger partial charge in [-0.3, -0.25) is 9.59 Å². The average molecular weight is 454 g/mol. The molecule has 1 fully saturated rings. The second-order valence-electron chi connectivity index (χ2n) is 7.43. The summed E-state index contributed by atoms with van der Waals surface area (Å²) < 4.78 is 61.3. The van der Waals surface area contributed by atoms with Gasteiger partial charge in [0.25, 0.3) is 5.91 Å². The molecular weight excluding hydrogens is 433 g/mol. The van der Waals surface area contributed by atoms with Gasteiger partial charge in [0.1, 0.15) is 0 Å². The Hall–Kier alpha value is -2.88. The van der Waals surface area contributed by atoms with Gasteiger partial charge >= 0.3 is 6.18 Å². The highest BCUT2D eigenvalue weighted by Gasteiger charge is 2.31. The molecule has 2 aromatic carbocycles. The number of hydrogen-bond acceptors (Lipinski definition) is 4. The van der Waals surface area contributed by atoms with Crippen molar-refractivity contribution >= 4 is 27.3 Å². The highest BCUT2D eigenvalue weighted by Crippen LogP contribution is 2.29. The minimum Gasteiger partial charge on any atom is -0.339 e. The van der Waals surface area contributed by atoms with E-state index in [2.05, 4.69) is 5.32 Å². The van der Waals surface area contributed by atoms with Crippen molar-refractivity contribution in [1.29, 1.82) is 0 Å². The molecule has 1 aliphatic rings. The van der Waals surface area contributed by atoms with Gasteiger partial charge < -0.3 is 10.2 Å². The van der Waals surface area contributed by atoms with Gasteiger partial charge in [-0.25, -0.2) is 8.42 Å². The number of sulfone groups is 1. The lowest BCUT2D eigenvalue weighted by atomic mass is 9.95. The molecular formula is C21H21F3N2O4S. The van der Waals surface area contributed by atoms with Crippen molar-refractivity contribution < 1.29 is 31.2 Å². The van der Waals surface area contributed by atoms with E-state index >= 15 is 0 Å². The van der Waals surface area contributed by atoms with Crippen molar-refractivity contribution in [3.05, 3.63) is 59.7 Å². The van der Waals surface area contributed by atoms with E-state index < -0.39 is 21.6 Å². The van der Waals surface area contributed by atoms with Crippen LogP contribution < -0.4 is 5.32 Å². The summed E-state index contributed by atoms with van der Waals surface area (Å²) in [6.45, 7) is 0.586. The number of anilines is 1. The van der Waals surface area contributed by atoms with Crippen molar-refractivity contribution in [1.82, 2.24) is 4.90 Å². The third kappa shape index (κ3) is 5.63. The number of hydrogen-bond donors (Lipinski definition) is 1. The quantitative estimate of drug-likeness (QED) is 0.765. The number of carbonyl (C=O) groups excluding carboxylic acids is 2. The number of halogens is 3. The van der Waals surface area contributed by atoms with Crippen LogP contribution in [0, 0.1) is 5.92 Å². The molecule has 10 heteroatoms. The number of amides is 2. The smallest absolute Gasteiger partial charge is 0.339 e. The Kier molecular flexibility index (Phi) is 6.40. The molecule has 166 valence electrons. The van der Waals surface area contributed by atoms with Crippen LogP contribution in [0.5, 0.6) is 0 Å². The van der Waals surface area contributed by atoms with Crippen LogP contribution in [0.25, 0.3) is 0 Å². The second kappa shape index (κ2) is 8.70. The summed E-state index contributed by atoms with van der Waals surface area (Å²) in [5, 5.41) is 2.71. The van der Waals surface area contributed by atoms with E-state index in [0.29, 0.717) is 31.6 Å². The molecule has 0 atom stereocenters. The predicted octanol–water partition coefficient (Wildman–Crippen LogP) is 3.60. The van der Waals surface area contributed by atoms with E-state index in [1.165, 1.54) is 23.1 Å². The van der Waals surface area contributed by atoms with Crippen molar-refractivity contribution in [3.63, 3.8) is 0 Å². The summed E-state index contributed by atoms with van der Waals surface area (Å²) >= 11 is 0. The number of rotatable bonds is 4. The van der Waals surface area contributed by atoms with Crippen molar-refractivity contribution in [3.8, 4) is 0 Å². The van der Waals surface area contributed by atoms with Crippen LogP contribution in [0.2, 0.25) is 0 Å². The van der Waals surface area contributed by atoms with Gasteiger partial charge in [-0.15, -0.1) is 0 Å². The Morgan fingerprint density at radius 2 is 1.65 bits per heavy atom. The molecule has 0 aromatic heterocycles. The largest absolute Gasteiger partial charge is 0.416 e. The van der Waals surface area contributed by atoms with Crippen molar-refractivity contribution in [2.75, 3.05) is 24.7 Å². The minimum atomic E-state index is -4.46. The zero-order valence-corrected chi connectivity index (χ0v) is 17.5. The van der Waals surface area contributed by atoms with Gasteiger partial charge in [0.2, 0.25) is 5.91 Å². The highest BCUT2D eigenvalue weighted by atomic mass is 32.2. The van der Waals surface area contributed by atoms with E-state index in [0.717, 1.165) is 30.5 Å². The Labute approximate surface area is 178 Å². The summed E-state index contributed by atoms with van der Waals surface area (Å²) in [5.74, 6) is -1.01. The molecule has 31 heavy (non-hydrogen) atoms. The zero-order valence-electron chi connectivity index (χ0n) is 16.6. The van der Waals surface area contributed by atoms with Crippen molar-refractivity contribution in [2.45, 2.75) is 23.9 Å². The third-order valence-corrected chi connectivity index (χ3v) is 6.25. The number of alkyl halides is 3. The first-order valence-corrected chi connectivity index (χ1v) is 11.4. The fraction of sp³-hybridized carbons (Fsp3) is 0.333. The molecule has 1 aliphatic heterocycles. The molecule has 1 saturated heterocycles. The maximum atomic E-state index is 12.7. The maximum absolute atomic E-state index is 12.7. The van der Waals surface area contributed by atoms with Gasteiger partial charge in [0.05, 0.1) is 10.5 Å². The van der Waals surface area contributed by atoms with E-state index in [9.17, 15) is 31.2 Å². The molecule has 0 aliphatic carbocycles. The van der Waals surface area contributed by atoms with E-state index in [1.807, 2.05) is 0 Å². The summed E-state index contributed by atoms with van der Waals surface area (Å²) in [7, 11) is -3.40. The standard InChI is InChI=1S/C21H21F3N2O4S/c1-31(29,30)18-4-2-3-17(13-18)25-19(27)14-9-11-26(12-10-14)20(28)15-5-7-16(8-6-15)21(22,23)24/h2-8,13-14H,9-12H2,1H3,(H,25,27). The Bertz CT molecular complexity index is 1070. The monoisotopic (exact) mass is 454 g/mol. The van der Waals surface area contributed by atoms with Crippen LogP contribution in [-0.2, 0) is 20.8 Å². The Morgan fingerprint density at radius 1 is 1.03 bits per heavy atom. The highest BCUT2D eigenvalue weighted by molar-refractivity contribution is 7.90. The van der Waals surface area contributed by atoms with Crippen LogP contribution in [0.1, 0.15) is 28.8 Å². The van der Waals surface area contributed by atoms with E-state index in [1.54, 1.807) is 6.07 Å². The second-order valence-corrected chi connectivity index (χ2v) is 9.45. The molecule has 0 unspecified atom stereocenters. The third-order valence-electron chi connectivity index (χ3n) is 5.14. The zero-order chi connectivity index (χ0) is 22.8. The molecule has 6 nitrogen and oxygen atoms in total. The summed E-state index contributed by atoms with van der Waals surface area (Å²) in [6, 6.07) is 10.0. The number of nitrogens with zero attached hydrogens (tertiary/aromatic N) is 1. The van der Waals surface area contributed by atoms with Gasteiger partial charge in [0.15, 0.2) is 9.84 Å². The van der Waals surface area contributed by atoms with E-state index in [4.69, 9.17) is 0 Å². The minimum absolute atomic E-state index is 0.0993. The fourth-order valence-electron chi connectivity index (χ4n) is 3.38. The topological polar surface area (TPSA) is 83.6 Å². The van der Waals surface area contributed by atoms with Gasteiger partial charge in [0, 0.05) is 36.5 Å². The lowest BCUT2D eigenvalue weighted by molar-refractivity contribution is -0.137. The first-order valence-electron chi connectivity index (χ1n) is 9.52. The number of likely N-dealkylation sites (tertiary alicyclic amines) is 1. The maximum Gasteiger partial charge on any atom is 0.416 e. The molecule has 1 N–H and O–H groups in total. The predicted molar refractivity (Wildman–Crippen MR) is 108 cm³/mol. The number of piperidine rings is 1. The molecule has 0 spiro atoms. The lowest BCUT2D eigenvalue weighted by Crippen LogP contribution is -2.41. The molecule has 1 heterocycles. The van der Waals surface area contributed by atoms with Crippen molar-refractivity contribution in [2.24, 2.45) is 5.92 Å². The van der Waals surface area contributed by atoms with Crippen LogP contribution in [0.15, 0.2) is 53.4 Å². The number of benzene rings is 2. The van der Waals surface area contributed by atoms with Crippen LogP contribution in [0.4, 0.5) is 18.9 Å². The van der Waals surface area contributed by atoms with Crippen LogP contribution in [0.3, 0.4) is 0 Å². The lowest BCUT2D eigenvalue weighted by Gasteiger charge is -2.31. The molecule has 0 bridgehead atoms. The summed E-state index contributed by atoms with van der Waals surface area (Å²) in [6.07, 6.45) is -2.60. The number of carbonyl (C=O) groups is 2. The molecule has 0 saturated carbocycles. The Morgan fingerprint density at radius 3 is 2.19 bits per heavy atom.